The van der Waals surface area contributed by atoms with Gasteiger partial charge in [-0.1, -0.05) is 63.3 Å². The smallest absolute Gasteiger partial charge is 0.329 e. The Bertz CT molecular complexity index is 1240. The SMILES string of the molecule is COC(=O)[C@@]1(C#N)[C@H](c2ccc([N+](=O)[O-])cc2)[C@@H](C(=O)C(C)(C)C)N2c3ccccc3C=C[C@@H]21. The summed E-state index contributed by atoms with van der Waals surface area (Å²) in [7, 11) is 1.22. The van der Waals surface area contributed by atoms with E-state index in [1.807, 2.05) is 35.2 Å². The van der Waals surface area contributed by atoms with Crippen molar-refractivity contribution in [1.29, 1.82) is 5.26 Å². The third-order valence-electron chi connectivity index (χ3n) is 6.72. The number of Topliss-reactive ketones (excluding diaryl/α,β-unsaturated/α-hetero) is 1. The first-order valence-corrected chi connectivity index (χ1v) is 10.9. The average Bonchev–Trinajstić information content (AvgIpc) is 3.13. The number of esters is 1. The Morgan fingerprint density at radius 3 is 2.35 bits per heavy atom. The lowest BCUT2D eigenvalue weighted by Gasteiger charge is -2.37. The van der Waals surface area contributed by atoms with Crippen LogP contribution in [0.25, 0.3) is 6.08 Å². The number of hydrogen-bond donors (Lipinski definition) is 0. The second kappa shape index (κ2) is 8.10. The first-order valence-electron chi connectivity index (χ1n) is 10.9. The van der Waals surface area contributed by atoms with Gasteiger partial charge in [0.05, 0.1) is 30.2 Å². The zero-order valence-corrected chi connectivity index (χ0v) is 19.4. The number of ether oxygens (including phenoxy) is 1. The van der Waals surface area contributed by atoms with E-state index in [2.05, 4.69) is 6.07 Å². The topological polar surface area (TPSA) is 114 Å². The normalized spacial score (nSPS) is 25.1. The fourth-order valence-corrected chi connectivity index (χ4v) is 5.16. The number of anilines is 1. The number of para-hydroxylation sites is 1. The van der Waals surface area contributed by atoms with Crippen LogP contribution in [0.2, 0.25) is 0 Å². The molecule has 0 saturated carbocycles. The van der Waals surface area contributed by atoms with Gasteiger partial charge in [0.15, 0.2) is 11.2 Å². The molecule has 2 aromatic rings. The Morgan fingerprint density at radius 1 is 1.15 bits per heavy atom. The number of hydrogen-bond acceptors (Lipinski definition) is 7. The molecule has 0 spiro atoms. The van der Waals surface area contributed by atoms with Crippen LogP contribution in [0.1, 0.15) is 37.8 Å². The van der Waals surface area contributed by atoms with Crippen LogP contribution >= 0.6 is 0 Å². The van der Waals surface area contributed by atoms with Gasteiger partial charge in [-0.05, 0) is 17.2 Å². The fraction of sp³-hybridized carbons (Fsp3) is 0.346. The lowest BCUT2D eigenvalue weighted by Crippen LogP contribution is -2.48. The molecule has 0 bridgehead atoms. The van der Waals surface area contributed by atoms with Crippen LogP contribution in [0.4, 0.5) is 11.4 Å². The van der Waals surface area contributed by atoms with Crippen LogP contribution in [0.5, 0.6) is 0 Å². The number of nitriles is 1. The van der Waals surface area contributed by atoms with Gasteiger partial charge in [0.2, 0.25) is 0 Å². The lowest BCUT2D eigenvalue weighted by atomic mass is 9.67. The highest BCUT2D eigenvalue weighted by molar-refractivity contribution is 5.99. The number of non-ortho nitro benzene ring substituents is 1. The van der Waals surface area contributed by atoms with E-state index in [1.165, 1.54) is 31.4 Å². The number of benzene rings is 2. The van der Waals surface area contributed by atoms with Crippen molar-refractivity contribution >= 4 is 29.2 Å². The van der Waals surface area contributed by atoms with E-state index in [9.17, 15) is 25.0 Å². The zero-order valence-electron chi connectivity index (χ0n) is 19.4. The van der Waals surface area contributed by atoms with Gasteiger partial charge in [0.1, 0.15) is 0 Å². The van der Waals surface area contributed by atoms with E-state index in [-0.39, 0.29) is 11.5 Å². The predicted molar refractivity (Wildman–Crippen MR) is 126 cm³/mol. The standard InChI is InChI=1S/C26H25N3O5/c1-25(2,3)23(30)22-21(17-9-12-18(13-10-17)29(32)33)26(15-27,24(31)34-4)20-14-11-16-7-5-6-8-19(16)28(20)22/h5-14,20-22H,1-4H3/t20-,21-,22+,26-/m1/s1. The largest absolute Gasteiger partial charge is 0.468 e. The Kier molecular flexibility index (Phi) is 5.52. The van der Waals surface area contributed by atoms with E-state index in [1.54, 1.807) is 26.8 Å². The van der Waals surface area contributed by atoms with Gasteiger partial charge >= 0.3 is 5.97 Å². The highest BCUT2D eigenvalue weighted by atomic mass is 16.6. The molecule has 2 aliphatic rings. The molecule has 0 N–H and O–H groups in total. The van der Waals surface area contributed by atoms with Crippen molar-refractivity contribution < 1.29 is 19.2 Å². The summed E-state index contributed by atoms with van der Waals surface area (Å²) in [5.41, 5.74) is -0.562. The number of nitro benzene ring substituents is 1. The summed E-state index contributed by atoms with van der Waals surface area (Å²) in [6.07, 6.45) is 3.62. The highest BCUT2D eigenvalue weighted by Crippen LogP contribution is 2.57. The molecule has 4 rings (SSSR count). The summed E-state index contributed by atoms with van der Waals surface area (Å²) < 4.78 is 5.15. The molecular formula is C26H25N3O5. The Hall–Kier alpha value is -3.99. The van der Waals surface area contributed by atoms with Crippen LogP contribution < -0.4 is 4.90 Å². The minimum absolute atomic E-state index is 0.121. The van der Waals surface area contributed by atoms with Crippen molar-refractivity contribution in [3.8, 4) is 6.07 Å². The maximum Gasteiger partial charge on any atom is 0.329 e. The van der Waals surface area contributed by atoms with E-state index in [0.717, 1.165) is 11.3 Å². The number of ketones is 1. The number of nitro groups is 1. The van der Waals surface area contributed by atoms with Crippen molar-refractivity contribution in [2.24, 2.45) is 10.8 Å². The third kappa shape index (κ3) is 3.27. The summed E-state index contributed by atoms with van der Waals surface area (Å²) in [5.74, 6) is -1.81. The van der Waals surface area contributed by atoms with Gasteiger partial charge in [-0.25, -0.2) is 0 Å². The summed E-state index contributed by atoms with van der Waals surface area (Å²) in [5, 5.41) is 21.8. The third-order valence-corrected chi connectivity index (χ3v) is 6.72. The molecule has 8 heteroatoms. The van der Waals surface area contributed by atoms with E-state index in [0.29, 0.717) is 5.56 Å². The summed E-state index contributed by atoms with van der Waals surface area (Å²) >= 11 is 0. The molecule has 0 aromatic heterocycles. The van der Waals surface area contributed by atoms with Crippen molar-refractivity contribution in [2.45, 2.75) is 38.8 Å². The Labute approximate surface area is 197 Å². The number of nitrogens with zero attached hydrogens (tertiary/aromatic N) is 3. The van der Waals surface area contributed by atoms with Gasteiger partial charge in [-0.15, -0.1) is 0 Å². The van der Waals surface area contributed by atoms with Crippen LogP contribution in [0.15, 0.2) is 54.6 Å². The second-order valence-electron chi connectivity index (χ2n) is 9.63. The Balaban J connectivity index is 2.04. The maximum atomic E-state index is 14.0. The van der Waals surface area contributed by atoms with Gasteiger partial charge < -0.3 is 9.64 Å². The molecule has 1 saturated heterocycles. The first kappa shape index (κ1) is 23.2. The molecule has 0 unspecified atom stereocenters. The number of fused-ring (bicyclic) bond motifs is 3. The van der Waals surface area contributed by atoms with Crippen molar-refractivity contribution in [2.75, 3.05) is 12.0 Å². The lowest BCUT2D eigenvalue weighted by molar-refractivity contribution is -0.384. The Morgan fingerprint density at radius 2 is 1.79 bits per heavy atom. The van der Waals surface area contributed by atoms with Gasteiger partial charge in [-0.2, -0.15) is 5.26 Å². The number of carbonyl (C=O) groups excluding carboxylic acids is 2. The fourth-order valence-electron chi connectivity index (χ4n) is 5.16. The molecule has 4 atom stereocenters. The van der Waals surface area contributed by atoms with Gasteiger partial charge in [-0.3, -0.25) is 19.7 Å². The summed E-state index contributed by atoms with van der Waals surface area (Å²) in [4.78, 5) is 39.9. The molecule has 0 amide bonds. The van der Waals surface area contributed by atoms with Crippen LogP contribution in [-0.2, 0) is 14.3 Å². The summed E-state index contributed by atoms with van der Waals surface area (Å²) in [6, 6.07) is 13.8. The number of methoxy groups -OCH3 is 1. The van der Waals surface area contributed by atoms with E-state index in [4.69, 9.17) is 4.74 Å². The molecule has 34 heavy (non-hydrogen) atoms. The van der Waals surface area contributed by atoms with Crippen molar-refractivity contribution in [3.05, 3.63) is 75.8 Å². The minimum atomic E-state index is -1.75. The molecule has 0 radical (unpaired) electrons. The van der Waals surface area contributed by atoms with Crippen molar-refractivity contribution in [3.63, 3.8) is 0 Å². The molecule has 2 heterocycles. The first-order chi connectivity index (χ1) is 16.1. The van der Waals surface area contributed by atoms with E-state index >= 15 is 0 Å². The maximum absolute atomic E-state index is 14.0. The van der Waals surface area contributed by atoms with Crippen LogP contribution in [0, 0.1) is 32.3 Å². The number of rotatable bonds is 4. The van der Waals surface area contributed by atoms with Crippen molar-refractivity contribution in [1.82, 2.24) is 0 Å². The second-order valence-corrected chi connectivity index (χ2v) is 9.63. The molecule has 2 aliphatic heterocycles. The monoisotopic (exact) mass is 459 g/mol. The molecule has 0 aliphatic carbocycles. The zero-order chi connectivity index (χ0) is 24.8. The summed E-state index contributed by atoms with van der Waals surface area (Å²) in [6.45, 7) is 5.40. The average molecular weight is 460 g/mol. The van der Waals surface area contributed by atoms with Crippen LogP contribution in [-0.4, -0.2) is 35.9 Å². The molecule has 8 nitrogen and oxygen atoms in total. The quantitative estimate of drug-likeness (QED) is 0.381. The molecule has 174 valence electrons. The molecular weight excluding hydrogens is 434 g/mol. The number of carbonyl (C=O) groups is 2. The van der Waals surface area contributed by atoms with E-state index < -0.39 is 39.7 Å². The predicted octanol–water partition coefficient (Wildman–Crippen LogP) is 4.26. The van der Waals surface area contributed by atoms with Gasteiger partial charge in [0.25, 0.3) is 5.69 Å². The minimum Gasteiger partial charge on any atom is -0.468 e. The van der Waals surface area contributed by atoms with Gasteiger partial charge in [0, 0.05) is 29.2 Å². The highest BCUT2D eigenvalue weighted by Gasteiger charge is 2.67. The van der Waals surface area contributed by atoms with Crippen LogP contribution in [0.3, 0.4) is 0 Å². The molecule has 1 fully saturated rings. The molecule has 2 aromatic carbocycles.